The van der Waals surface area contributed by atoms with Gasteiger partial charge in [0, 0.05) is 24.5 Å². The maximum absolute atomic E-state index is 12.9. The number of carbonyl (C=O) groups is 2. The number of rotatable bonds is 5. The first-order valence-corrected chi connectivity index (χ1v) is 9.44. The van der Waals surface area contributed by atoms with Crippen LogP contribution in [0.4, 0.5) is 0 Å². The lowest BCUT2D eigenvalue weighted by atomic mass is 9.95. The topological polar surface area (TPSA) is 70.5 Å². The SMILES string of the molecule is O=C1C(=O)N(CCc2ccccc2)C(c2ccccc2)/C1=C(\O)c1ccncc1. The highest BCUT2D eigenvalue weighted by Gasteiger charge is 2.45. The first kappa shape index (κ1) is 18.6. The van der Waals surface area contributed by atoms with Crippen molar-refractivity contribution in [1.29, 1.82) is 0 Å². The molecule has 0 spiro atoms. The Morgan fingerprint density at radius 3 is 2.17 bits per heavy atom. The van der Waals surface area contributed by atoms with Crippen LogP contribution in [0.2, 0.25) is 0 Å². The third kappa shape index (κ3) is 3.67. The summed E-state index contributed by atoms with van der Waals surface area (Å²) >= 11 is 0. The van der Waals surface area contributed by atoms with E-state index in [1.54, 1.807) is 17.0 Å². The molecule has 0 bridgehead atoms. The summed E-state index contributed by atoms with van der Waals surface area (Å²) in [7, 11) is 0. The zero-order valence-electron chi connectivity index (χ0n) is 15.7. The third-order valence-corrected chi connectivity index (χ3v) is 5.09. The average Bonchev–Trinajstić information content (AvgIpc) is 3.04. The summed E-state index contributed by atoms with van der Waals surface area (Å²) in [6.45, 7) is 0.376. The van der Waals surface area contributed by atoms with Gasteiger partial charge in [-0.2, -0.15) is 0 Å². The van der Waals surface area contributed by atoms with Crippen LogP contribution in [0.3, 0.4) is 0 Å². The molecule has 2 heterocycles. The summed E-state index contributed by atoms with van der Waals surface area (Å²) in [5.41, 5.74) is 2.44. The normalized spacial score (nSPS) is 18.2. The van der Waals surface area contributed by atoms with Gasteiger partial charge in [-0.15, -0.1) is 0 Å². The molecule has 4 rings (SSSR count). The number of pyridine rings is 1. The van der Waals surface area contributed by atoms with Crippen LogP contribution in [0, 0.1) is 0 Å². The molecule has 1 aliphatic rings. The largest absolute Gasteiger partial charge is 0.507 e. The Labute approximate surface area is 169 Å². The smallest absolute Gasteiger partial charge is 0.295 e. The molecule has 1 fully saturated rings. The molecule has 29 heavy (non-hydrogen) atoms. The fourth-order valence-corrected chi connectivity index (χ4v) is 3.65. The van der Waals surface area contributed by atoms with E-state index in [9.17, 15) is 14.7 Å². The lowest BCUT2D eigenvalue weighted by molar-refractivity contribution is -0.139. The second kappa shape index (κ2) is 8.10. The van der Waals surface area contributed by atoms with E-state index in [0.29, 0.717) is 18.5 Å². The maximum Gasteiger partial charge on any atom is 0.295 e. The van der Waals surface area contributed by atoms with Crippen LogP contribution >= 0.6 is 0 Å². The van der Waals surface area contributed by atoms with Crippen molar-refractivity contribution in [3.8, 4) is 0 Å². The predicted molar refractivity (Wildman–Crippen MR) is 110 cm³/mol. The molecular formula is C24H20N2O3. The summed E-state index contributed by atoms with van der Waals surface area (Å²) in [6.07, 6.45) is 3.70. The predicted octanol–water partition coefficient (Wildman–Crippen LogP) is 3.75. The Morgan fingerprint density at radius 2 is 1.52 bits per heavy atom. The number of hydrogen-bond acceptors (Lipinski definition) is 4. The van der Waals surface area contributed by atoms with Crippen LogP contribution in [0.5, 0.6) is 0 Å². The van der Waals surface area contributed by atoms with Gasteiger partial charge in [0.25, 0.3) is 11.7 Å². The fourth-order valence-electron chi connectivity index (χ4n) is 3.65. The van der Waals surface area contributed by atoms with Crippen molar-refractivity contribution in [2.24, 2.45) is 0 Å². The Balaban J connectivity index is 1.76. The molecule has 2 aromatic carbocycles. The Morgan fingerprint density at radius 1 is 0.897 bits per heavy atom. The minimum Gasteiger partial charge on any atom is -0.507 e. The van der Waals surface area contributed by atoms with Gasteiger partial charge in [0.1, 0.15) is 5.76 Å². The summed E-state index contributed by atoms with van der Waals surface area (Å²) in [6, 6.07) is 21.8. The number of amides is 1. The van der Waals surface area contributed by atoms with E-state index < -0.39 is 17.7 Å². The monoisotopic (exact) mass is 384 g/mol. The van der Waals surface area contributed by atoms with Gasteiger partial charge in [0.2, 0.25) is 0 Å². The highest BCUT2D eigenvalue weighted by Crippen LogP contribution is 2.39. The zero-order chi connectivity index (χ0) is 20.2. The van der Waals surface area contributed by atoms with Gasteiger partial charge in [0.15, 0.2) is 0 Å². The molecule has 1 aliphatic heterocycles. The van der Waals surface area contributed by atoms with Crippen LogP contribution in [0.15, 0.2) is 90.8 Å². The van der Waals surface area contributed by atoms with E-state index in [1.807, 2.05) is 60.7 Å². The zero-order valence-corrected chi connectivity index (χ0v) is 15.7. The molecule has 3 aromatic rings. The van der Waals surface area contributed by atoms with Crippen LogP contribution in [-0.2, 0) is 16.0 Å². The number of hydrogen-bond donors (Lipinski definition) is 1. The van der Waals surface area contributed by atoms with Crippen molar-refractivity contribution >= 4 is 17.4 Å². The molecule has 144 valence electrons. The first-order chi connectivity index (χ1) is 14.2. The van der Waals surface area contributed by atoms with Crippen molar-refractivity contribution < 1.29 is 14.7 Å². The number of benzene rings is 2. The molecule has 5 nitrogen and oxygen atoms in total. The number of carbonyl (C=O) groups excluding carboxylic acids is 2. The second-order valence-corrected chi connectivity index (χ2v) is 6.87. The number of ketones is 1. The van der Waals surface area contributed by atoms with Crippen molar-refractivity contribution in [1.82, 2.24) is 9.88 Å². The Hall–Kier alpha value is -3.73. The van der Waals surface area contributed by atoms with Crippen LogP contribution in [-0.4, -0.2) is 33.2 Å². The van der Waals surface area contributed by atoms with E-state index in [0.717, 1.165) is 11.1 Å². The van der Waals surface area contributed by atoms with E-state index in [-0.39, 0.29) is 11.3 Å². The lowest BCUT2D eigenvalue weighted by Crippen LogP contribution is -2.31. The highest BCUT2D eigenvalue weighted by molar-refractivity contribution is 6.46. The molecule has 1 N–H and O–H groups in total. The standard InChI is InChI=1S/C24H20N2O3/c27-22(19-11-14-25-15-12-19)20-21(18-9-5-2-6-10-18)26(24(29)23(20)28)16-13-17-7-3-1-4-8-17/h1-12,14-15,21,27H,13,16H2/b22-20+. The summed E-state index contributed by atoms with van der Waals surface area (Å²) in [5, 5.41) is 10.9. The van der Waals surface area contributed by atoms with Crippen LogP contribution < -0.4 is 0 Å². The summed E-state index contributed by atoms with van der Waals surface area (Å²) in [5.74, 6) is -1.44. The van der Waals surface area contributed by atoms with Crippen molar-refractivity contribution in [2.45, 2.75) is 12.5 Å². The van der Waals surface area contributed by atoms with Gasteiger partial charge in [-0.05, 0) is 29.7 Å². The Kier molecular flexibility index (Phi) is 5.20. The van der Waals surface area contributed by atoms with Gasteiger partial charge in [-0.25, -0.2) is 0 Å². The minimum absolute atomic E-state index is 0.112. The van der Waals surface area contributed by atoms with E-state index >= 15 is 0 Å². The number of aliphatic hydroxyl groups is 1. The minimum atomic E-state index is -0.666. The molecule has 0 aliphatic carbocycles. The highest BCUT2D eigenvalue weighted by atomic mass is 16.3. The Bertz CT molecular complexity index is 1050. The number of aromatic nitrogens is 1. The van der Waals surface area contributed by atoms with Gasteiger partial charge in [0.05, 0.1) is 11.6 Å². The number of nitrogens with zero attached hydrogens (tertiary/aromatic N) is 2. The third-order valence-electron chi connectivity index (χ3n) is 5.09. The molecular weight excluding hydrogens is 364 g/mol. The molecule has 1 saturated heterocycles. The van der Waals surface area contributed by atoms with E-state index in [4.69, 9.17) is 0 Å². The van der Waals surface area contributed by atoms with Gasteiger partial charge in [-0.3, -0.25) is 14.6 Å². The molecule has 1 aromatic heterocycles. The first-order valence-electron chi connectivity index (χ1n) is 9.44. The van der Waals surface area contributed by atoms with Crippen molar-refractivity contribution in [3.63, 3.8) is 0 Å². The quantitative estimate of drug-likeness (QED) is 0.413. The van der Waals surface area contributed by atoms with Gasteiger partial charge < -0.3 is 10.0 Å². The number of likely N-dealkylation sites (tertiary alicyclic amines) is 1. The van der Waals surface area contributed by atoms with Gasteiger partial charge >= 0.3 is 0 Å². The summed E-state index contributed by atoms with van der Waals surface area (Å²) in [4.78, 5) is 31.3. The molecule has 0 radical (unpaired) electrons. The van der Waals surface area contributed by atoms with Gasteiger partial charge in [-0.1, -0.05) is 60.7 Å². The molecule has 1 unspecified atom stereocenters. The maximum atomic E-state index is 12.9. The van der Waals surface area contributed by atoms with Crippen LogP contribution in [0.25, 0.3) is 5.76 Å². The van der Waals surface area contributed by atoms with Crippen LogP contribution in [0.1, 0.15) is 22.7 Å². The number of aliphatic hydroxyl groups excluding tert-OH is 1. The van der Waals surface area contributed by atoms with Crippen molar-refractivity contribution in [3.05, 3.63) is 107 Å². The molecule has 1 atom stereocenters. The molecule has 5 heteroatoms. The lowest BCUT2D eigenvalue weighted by Gasteiger charge is -2.25. The van der Waals surface area contributed by atoms with E-state index in [1.165, 1.54) is 12.4 Å². The summed E-state index contributed by atoms with van der Waals surface area (Å²) < 4.78 is 0. The average molecular weight is 384 g/mol. The number of Topliss-reactive ketones (excluding diaryl/α,β-unsaturated/α-hetero) is 1. The second-order valence-electron chi connectivity index (χ2n) is 6.87. The van der Waals surface area contributed by atoms with E-state index in [2.05, 4.69) is 4.98 Å². The molecule has 1 amide bonds. The molecule has 0 saturated carbocycles. The fraction of sp³-hybridized carbons (Fsp3) is 0.125. The van der Waals surface area contributed by atoms with Crippen molar-refractivity contribution in [2.75, 3.05) is 6.54 Å².